The molecule has 0 aromatic heterocycles. The topological polar surface area (TPSA) is 44.7 Å². The van der Waals surface area contributed by atoms with Crippen molar-refractivity contribution in [2.45, 2.75) is 32.4 Å². The summed E-state index contributed by atoms with van der Waals surface area (Å²) in [6.07, 6.45) is 2.64. The van der Waals surface area contributed by atoms with E-state index in [1.165, 1.54) is 24.9 Å². The predicted octanol–water partition coefficient (Wildman–Crippen LogP) is 2.48. The molecule has 1 aromatic rings. The Bertz CT molecular complexity index is 390. The molecule has 0 spiro atoms. The average molecular weight is 351 g/mol. The number of aliphatic hydroxyl groups excluding tert-OH is 1. The summed E-state index contributed by atoms with van der Waals surface area (Å²) < 4.78 is 5.35. The molecule has 0 bridgehead atoms. The van der Waals surface area contributed by atoms with E-state index in [0.29, 0.717) is 12.6 Å². The van der Waals surface area contributed by atoms with E-state index in [1.807, 2.05) is 12.1 Å². The van der Waals surface area contributed by atoms with Crippen LogP contribution in [-0.4, -0.2) is 48.9 Å². The smallest absolute Gasteiger partial charge is 0.119 e. The van der Waals surface area contributed by atoms with Crippen molar-refractivity contribution >= 4 is 24.8 Å². The maximum atomic E-state index is 8.70. The van der Waals surface area contributed by atoms with Gasteiger partial charge in [-0.05, 0) is 43.6 Å². The van der Waals surface area contributed by atoms with Gasteiger partial charge in [-0.15, -0.1) is 24.8 Å². The Kier molecular flexibility index (Phi) is 11.7. The number of benzene rings is 1. The maximum absolute atomic E-state index is 8.70. The van der Waals surface area contributed by atoms with Gasteiger partial charge >= 0.3 is 0 Å². The van der Waals surface area contributed by atoms with E-state index >= 15 is 0 Å². The van der Waals surface area contributed by atoms with E-state index in [0.717, 1.165) is 25.4 Å². The van der Waals surface area contributed by atoms with Crippen molar-refractivity contribution in [2.24, 2.45) is 0 Å². The highest BCUT2D eigenvalue weighted by Gasteiger charge is 2.21. The lowest BCUT2D eigenvalue weighted by Crippen LogP contribution is -2.37. The SMILES string of the molecule is CCN1CCCC1CNCc1ccc(OCCO)cc1.Cl.Cl. The first-order chi connectivity index (χ1) is 9.83. The summed E-state index contributed by atoms with van der Waals surface area (Å²) in [5.41, 5.74) is 1.27. The second-order valence-corrected chi connectivity index (χ2v) is 5.27. The first-order valence-electron chi connectivity index (χ1n) is 7.61. The first-order valence-corrected chi connectivity index (χ1v) is 7.61. The molecule has 1 aliphatic heterocycles. The van der Waals surface area contributed by atoms with Crippen molar-refractivity contribution in [3.8, 4) is 5.75 Å². The van der Waals surface area contributed by atoms with Crippen molar-refractivity contribution in [1.29, 1.82) is 0 Å². The Morgan fingerprint density at radius 1 is 1.27 bits per heavy atom. The molecule has 0 saturated carbocycles. The van der Waals surface area contributed by atoms with E-state index in [2.05, 4.69) is 29.3 Å². The van der Waals surface area contributed by atoms with Crippen LogP contribution in [0.2, 0.25) is 0 Å². The zero-order valence-corrected chi connectivity index (χ0v) is 14.8. The highest BCUT2D eigenvalue weighted by atomic mass is 35.5. The molecular weight excluding hydrogens is 323 g/mol. The lowest BCUT2D eigenvalue weighted by atomic mass is 10.2. The molecule has 1 saturated heterocycles. The number of nitrogens with one attached hydrogen (secondary N) is 1. The number of hydrogen-bond acceptors (Lipinski definition) is 4. The molecule has 2 N–H and O–H groups in total. The second kappa shape index (κ2) is 12.0. The standard InChI is InChI=1S/C16H26N2O2.2ClH/c1-2-18-9-3-4-15(18)13-17-12-14-5-7-16(8-6-14)20-11-10-19;;/h5-8,15,17,19H,2-4,9-13H2,1H3;2*1H. The van der Waals surface area contributed by atoms with Crippen LogP contribution in [0.25, 0.3) is 0 Å². The monoisotopic (exact) mass is 350 g/mol. The number of aliphatic hydroxyl groups is 1. The number of halogens is 2. The van der Waals surface area contributed by atoms with Crippen LogP contribution in [0.5, 0.6) is 5.75 Å². The Hall–Kier alpha value is -0.520. The lowest BCUT2D eigenvalue weighted by molar-refractivity contribution is 0.201. The molecule has 6 heteroatoms. The Labute approximate surface area is 146 Å². The van der Waals surface area contributed by atoms with E-state index in [-0.39, 0.29) is 31.4 Å². The summed E-state index contributed by atoms with van der Waals surface area (Å²) >= 11 is 0. The van der Waals surface area contributed by atoms with Crippen LogP contribution in [0.15, 0.2) is 24.3 Å². The number of likely N-dealkylation sites (N-methyl/N-ethyl adjacent to an activating group) is 1. The zero-order valence-electron chi connectivity index (χ0n) is 13.2. The van der Waals surface area contributed by atoms with Crippen molar-refractivity contribution in [3.05, 3.63) is 29.8 Å². The molecule has 0 aliphatic carbocycles. The van der Waals surface area contributed by atoms with Crippen LogP contribution in [-0.2, 0) is 6.54 Å². The largest absolute Gasteiger partial charge is 0.491 e. The van der Waals surface area contributed by atoms with Crippen LogP contribution in [0.3, 0.4) is 0 Å². The predicted molar refractivity (Wildman–Crippen MR) is 95.5 cm³/mol. The van der Waals surface area contributed by atoms with Gasteiger partial charge < -0.3 is 15.2 Å². The normalized spacial score (nSPS) is 17.6. The minimum absolute atomic E-state index is 0. The zero-order chi connectivity index (χ0) is 14.2. The molecule has 1 aliphatic rings. The van der Waals surface area contributed by atoms with E-state index in [4.69, 9.17) is 9.84 Å². The Morgan fingerprint density at radius 2 is 2.00 bits per heavy atom. The van der Waals surface area contributed by atoms with Gasteiger partial charge in [-0.1, -0.05) is 19.1 Å². The van der Waals surface area contributed by atoms with Crippen molar-refractivity contribution in [2.75, 3.05) is 32.8 Å². The van der Waals surface area contributed by atoms with Crippen LogP contribution in [0.1, 0.15) is 25.3 Å². The van der Waals surface area contributed by atoms with E-state index < -0.39 is 0 Å². The third-order valence-corrected chi connectivity index (χ3v) is 3.90. The first kappa shape index (κ1) is 21.5. The van der Waals surface area contributed by atoms with Gasteiger partial charge in [-0.2, -0.15) is 0 Å². The molecule has 1 unspecified atom stereocenters. The molecule has 128 valence electrons. The van der Waals surface area contributed by atoms with Gasteiger partial charge in [0.15, 0.2) is 0 Å². The van der Waals surface area contributed by atoms with E-state index in [1.54, 1.807) is 0 Å². The van der Waals surface area contributed by atoms with Gasteiger partial charge in [0.2, 0.25) is 0 Å². The summed E-state index contributed by atoms with van der Waals surface area (Å²) in [6.45, 7) is 7.02. The van der Waals surface area contributed by atoms with Crippen molar-refractivity contribution < 1.29 is 9.84 Å². The van der Waals surface area contributed by atoms with Gasteiger partial charge in [0.25, 0.3) is 0 Å². The van der Waals surface area contributed by atoms with Gasteiger partial charge in [-0.3, -0.25) is 4.90 Å². The number of nitrogens with zero attached hydrogens (tertiary/aromatic N) is 1. The van der Waals surface area contributed by atoms with Gasteiger partial charge in [0.05, 0.1) is 6.61 Å². The van der Waals surface area contributed by atoms with Crippen molar-refractivity contribution in [1.82, 2.24) is 10.2 Å². The summed E-state index contributed by atoms with van der Waals surface area (Å²) in [5.74, 6) is 0.816. The molecule has 22 heavy (non-hydrogen) atoms. The molecule has 1 fully saturated rings. The maximum Gasteiger partial charge on any atom is 0.119 e. The average Bonchev–Trinajstić information content (AvgIpc) is 2.94. The molecule has 1 aromatic carbocycles. The summed E-state index contributed by atoms with van der Waals surface area (Å²) in [4.78, 5) is 2.55. The second-order valence-electron chi connectivity index (χ2n) is 5.27. The highest BCUT2D eigenvalue weighted by molar-refractivity contribution is 5.85. The third-order valence-electron chi connectivity index (χ3n) is 3.90. The number of likely N-dealkylation sites (tertiary alicyclic amines) is 1. The molecule has 0 radical (unpaired) electrons. The lowest BCUT2D eigenvalue weighted by Gasteiger charge is -2.23. The molecule has 4 nitrogen and oxygen atoms in total. The Morgan fingerprint density at radius 3 is 2.64 bits per heavy atom. The van der Waals surface area contributed by atoms with Crippen LogP contribution < -0.4 is 10.1 Å². The van der Waals surface area contributed by atoms with Gasteiger partial charge in [0, 0.05) is 19.1 Å². The van der Waals surface area contributed by atoms with Crippen LogP contribution in [0, 0.1) is 0 Å². The fraction of sp³-hybridized carbons (Fsp3) is 0.625. The molecular formula is C16H28Cl2N2O2. The minimum Gasteiger partial charge on any atom is -0.491 e. The van der Waals surface area contributed by atoms with Crippen LogP contribution in [0.4, 0.5) is 0 Å². The third kappa shape index (κ3) is 6.71. The summed E-state index contributed by atoms with van der Waals surface area (Å²) in [5, 5.41) is 12.3. The molecule has 1 heterocycles. The summed E-state index contributed by atoms with van der Waals surface area (Å²) in [6, 6.07) is 8.77. The van der Waals surface area contributed by atoms with E-state index in [9.17, 15) is 0 Å². The quantitative estimate of drug-likeness (QED) is 0.755. The molecule has 2 rings (SSSR count). The number of hydrogen-bond donors (Lipinski definition) is 2. The Balaban J connectivity index is 0.00000220. The summed E-state index contributed by atoms with van der Waals surface area (Å²) in [7, 11) is 0. The molecule has 0 amide bonds. The fourth-order valence-corrected chi connectivity index (χ4v) is 2.79. The fourth-order valence-electron chi connectivity index (χ4n) is 2.79. The van der Waals surface area contributed by atoms with Crippen molar-refractivity contribution in [3.63, 3.8) is 0 Å². The molecule has 1 atom stereocenters. The number of ether oxygens (including phenoxy) is 1. The number of rotatable bonds is 8. The van der Waals surface area contributed by atoms with Gasteiger partial charge in [0.1, 0.15) is 12.4 Å². The minimum atomic E-state index is 0. The van der Waals surface area contributed by atoms with Gasteiger partial charge in [-0.25, -0.2) is 0 Å². The highest BCUT2D eigenvalue weighted by Crippen LogP contribution is 2.16. The van der Waals surface area contributed by atoms with Crippen LogP contribution >= 0.6 is 24.8 Å².